The minimum absolute atomic E-state index is 0.439. The fourth-order valence-electron chi connectivity index (χ4n) is 3.41. The van der Waals surface area contributed by atoms with E-state index in [-0.39, 0.29) is 0 Å². The summed E-state index contributed by atoms with van der Waals surface area (Å²) in [6.07, 6.45) is -0.762. The topological polar surface area (TPSA) is 35.5 Å². The van der Waals surface area contributed by atoms with Gasteiger partial charge < -0.3 is 9.47 Å². The number of hydrogen-bond acceptors (Lipinski definition) is 3. The number of carbonyl (C=O) groups excluding carboxylic acids is 1. The standard InChI is InChI=1S/C27H22O3/c1-19-7-3-5-9-25(19)21-11-15-23(16-12-21)29-27(28)30-24-17-13-22(14-18-24)26-10-6-4-8-20(26)2/h3-18H,1-2H3. The minimum atomic E-state index is -0.762. The molecule has 3 heteroatoms. The third-order valence-electron chi connectivity index (χ3n) is 5.02. The molecule has 0 aliphatic heterocycles. The Kier molecular flexibility index (Phi) is 5.62. The van der Waals surface area contributed by atoms with Crippen molar-refractivity contribution in [2.45, 2.75) is 13.8 Å². The summed E-state index contributed by atoms with van der Waals surface area (Å²) in [6.45, 7) is 4.14. The number of hydrogen-bond donors (Lipinski definition) is 0. The van der Waals surface area contributed by atoms with E-state index < -0.39 is 6.16 Å². The molecule has 3 nitrogen and oxygen atoms in total. The molecular weight excluding hydrogens is 372 g/mol. The summed E-state index contributed by atoms with van der Waals surface area (Å²) < 4.78 is 10.6. The van der Waals surface area contributed by atoms with Crippen molar-refractivity contribution in [2.24, 2.45) is 0 Å². The monoisotopic (exact) mass is 394 g/mol. The highest BCUT2D eigenvalue weighted by Gasteiger charge is 2.09. The van der Waals surface area contributed by atoms with E-state index in [0.717, 1.165) is 22.3 Å². The molecule has 30 heavy (non-hydrogen) atoms. The maximum atomic E-state index is 12.2. The van der Waals surface area contributed by atoms with E-state index in [9.17, 15) is 4.79 Å². The van der Waals surface area contributed by atoms with Gasteiger partial charge in [0.2, 0.25) is 0 Å². The predicted octanol–water partition coefficient (Wildman–Crippen LogP) is 7.22. The zero-order chi connectivity index (χ0) is 20.9. The van der Waals surface area contributed by atoms with Crippen molar-refractivity contribution in [2.75, 3.05) is 0 Å². The average Bonchev–Trinajstić information content (AvgIpc) is 2.76. The fraction of sp³-hybridized carbons (Fsp3) is 0.0741. The van der Waals surface area contributed by atoms with Crippen LogP contribution in [0.3, 0.4) is 0 Å². The average molecular weight is 394 g/mol. The van der Waals surface area contributed by atoms with Gasteiger partial charge in [-0.3, -0.25) is 0 Å². The van der Waals surface area contributed by atoms with Gasteiger partial charge in [-0.15, -0.1) is 0 Å². The summed E-state index contributed by atoms with van der Waals surface area (Å²) in [5.41, 5.74) is 6.83. The molecule has 0 atom stereocenters. The normalized spacial score (nSPS) is 10.5. The summed E-state index contributed by atoms with van der Waals surface area (Å²) in [5.74, 6) is 0.878. The Morgan fingerprint density at radius 1 is 0.533 bits per heavy atom. The van der Waals surface area contributed by atoms with Gasteiger partial charge in [-0.1, -0.05) is 72.8 Å². The van der Waals surface area contributed by atoms with Crippen molar-refractivity contribution in [1.82, 2.24) is 0 Å². The van der Waals surface area contributed by atoms with E-state index >= 15 is 0 Å². The lowest BCUT2D eigenvalue weighted by Crippen LogP contribution is -2.13. The maximum absolute atomic E-state index is 12.2. The lowest BCUT2D eigenvalue weighted by Gasteiger charge is -2.09. The Labute approximate surface area is 176 Å². The first-order valence-electron chi connectivity index (χ1n) is 9.82. The molecule has 0 radical (unpaired) electrons. The molecule has 0 bridgehead atoms. The zero-order valence-electron chi connectivity index (χ0n) is 17.0. The van der Waals surface area contributed by atoms with Crippen LogP contribution in [0.25, 0.3) is 22.3 Å². The van der Waals surface area contributed by atoms with E-state index in [1.165, 1.54) is 11.1 Å². The van der Waals surface area contributed by atoms with Crippen LogP contribution in [0.2, 0.25) is 0 Å². The molecule has 0 heterocycles. The van der Waals surface area contributed by atoms with Gasteiger partial charge >= 0.3 is 6.16 Å². The van der Waals surface area contributed by atoms with Crippen LogP contribution in [0.5, 0.6) is 11.5 Å². The highest BCUT2D eigenvalue weighted by Crippen LogP contribution is 2.27. The molecule has 0 N–H and O–H groups in total. The second-order valence-corrected chi connectivity index (χ2v) is 7.13. The van der Waals surface area contributed by atoms with Gasteiger partial charge in [0.15, 0.2) is 0 Å². The fourth-order valence-corrected chi connectivity index (χ4v) is 3.41. The maximum Gasteiger partial charge on any atom is 0.519 e. The smallest absolute Gasteiger partial charge is 0.395 e. The highest BCUT2D eigenvalue weighted by molar-refractivity contribution is 5.71. The Bertz CT molecular complexity index is 1070. The highest BCUT2D eigenvalue weighted by atomic mass is 16.7. The zero-order valence-corrected chi connectivity index (χ0v) is 17.0. The van der Waals surface area contributed by atoms with Crippen LogP contribution < -0.4 is 9.47 Å². The molecule has 0 saturated carbocycles. The summed E-state index contributed by atoms with van der Waals surface area (Å²) in [7, 11) is 0. The summed E-state index contributed by atoms with van der Waals surface area (Å²) in [6, 6.07) is 31.1. The molecule has 4 aromatic carbocycles. The van der Waals surface area contributed by atoms with E-state index in [0.29, 0.717) is 11.5 Å². The van der Waals surface area contributed by atoms with Gasteiger partial charge in [0.1, 0.15) is 11.5 Å². The molecule has 148 valence electrons. The first-order valence-corrected chi connectivity index (χ1v) is 9.82. The van der Waals surface area contributed by atoms with E-state index in [4.69, 9.17) is 9.47 Å². The first-order chi connectivity index (χ1) is 14.6. The van der Waals surface area contributed by atoms with E-state index in [1.54, 1.807) is 24.3 Å². The van der Waals surface area contributed by atoms with Gasteiger partial charge in [0.05, 0.1) is 0 Å². The third-order valence-corrected chi connectivity index (χ3v) is 5.02. The molecule has 0 saturated heterocycles. The Hall–Kier alpha value is -3.85. The number of ether oxygens (including phenoxy) is 2. The second kappa shape index (κ2) is 8.66. The van der Waals surface area contributed by atoms with Crippen molar-refractivity contribution in [3.05, 3.63) is 108 Å². The van der Waals surface area contributed by atoms with Gasteiger partial charge in [-0.2, -0.15) is 0 Å². The summed E-state index contributed by atoms with van der Waals surface area (Å²) in [4.78, 5) is 12.2. The van der Waals surface area contributed by atoms with Gasteiger partial charge in [-0.25, -0.2) is 4.79 Å². The lowest BCUT2D eigenvalue weighted by atomic mass is 10.0. The van der Waals surface area contributed by atoms with Crippen LogP contribution in [-0.2, 0) is 0 Å². The van der Waals surface area contributed by atoms with Crippen molar-refractivity contribution in [3.63, 3.8) is 0 Å². The van der Waals surface area contributed by atoms with Crippen molar-refractivity contribution < 1.29 is 14.3 Å². The van der Waals surface area contributed by atoms with Gasteiger partial charge in [-0.05, 0) is 71.5 Å². The van der Waals surface area contributed by atoms with Crippen molar-refractivity contribution in [3.8, 4) is 33.8 Å². The Morgan fingerprint density at radius 3 is 1.27 bits per heavy atom. The first kappa shape index (κ1) is 19.5. The van der Waals surface area contributed by atoms with Gasteiger partial charge in [0, 0.05) is 0 Å². The molecule has 0 amide bonds. The minimum Gasteiger partial charge on any atom is -0.395 e. The summed E-state index contributed by atoms with van der Waals surface area (Å²) >= 11 is 0. The largest absolute Gasteiger partial charge is 0.519 e. The third kappa shape index (κ3) is 4.41. The molecule has 0 aliphatic rings. The number of carbonyl (C=O) groups is 1. The van der Waals surface area contributed by atoms with E-state index in [1.807, 2.05) is 48.5 Å². The molecule has 4 aromatic rings. The summed E-state index contributed by atoms with van der Waals surface area (Å²) in [5, 5.41) is 0. The quantitative estimate of drug-likeness (QED) is 0.271. The van der Waals surface area contributed by atoms with Crippen LogP contribution in [-0.4, -0.2) is 6.16 Å². The number of rotatable bonds is 4. The van der Waals surface area contributed by atoms with Crippen LogP contribution in [0, 0.1) is 13.8 Å². The molecule has 0 aromatic heterocycles. The predicted molar refractivity (Wildman–Crippen MR) is 120 cm³/mol. The van der Waals surface area contributed by atoms with Crippen molar-refractivity contribution >= 4 is 6.16 Å². The molecule has 0 spiro atoms. The molecule has 0 aliphatic carbocycles. The van der Waals surface area contributed by atoms with E-state index in [2.05, 4.69) is 38.1 Å². The Balaban J connectivity index is 1.40. The Morgan fingerprint density at radius 2 is 0.900 bits per heavy atom. The second-order valence-electron chi connectivity index (χ2n) is 7.13. The molecular formula is C27H22O3. The molecule has 0 fully saturated rings. The lowest BCUT2D eigenvalue weighted by molar-refractivity contribution is 0.152. The van der Waals surface area contributed by atoms with Crippen LogP contribution >= 0.6 is 0 Å². The van der Waals surface area contributed by atoms with Crippen molar-refractivity contribution in [1.29, 1.82) is 0 Å². The molecule has 4 rings (SSSR count). The van der Waals surface area contributed by atoms with Crippen LogP contribution in [0.4, 0.5) is 4.79 Å². The van der Waals surface area contributed by atoms with Crippen LogP contribution in [0.15, 0.2) is 97.1 Å². The number of aryl methyl sites for hydroxylation is 2. The SMILES string of the molecule is Cc1ccccc1-c1ccc(OC(=O)Oc2ccc(-c3ccccc3C)cc2)cc1. The molecule has 0 unspecified atom stereocenters. The number of benzene rings is 4. The van der Waals surface area contributed by atoms with Gasteiger partial charge in [0.25, 0.3) is 0 Å². The van der Waals surface area contributed by atoms with Crippen LogP contribution in [0.1, 0.15) is 11.1 Å².